The Kier molecular flexibility index (Phi) is 6.44. The molecule has 1 saturated heterocycles. The third-order valence-electron chi connectivity index (χ3n) is 4.83. The largest absolute Gasteiger partial charge is 0.368 e. The Labute approximate surface area is 179 Å². The second-order valence-electron chi connectivity index (χ2n) is 6.87. The number of nitrogens with one attached hydrogen (secondary N) is 1. The zero-order chi connectivity index (χ0) is 20.8. The zero-order valence-electron chi connectivity index (χ0n) is 16.4. The van der Waals surface area contributed by atoms with E-state index in [1.807, 2.05) is 48.5 Å². The average Bonchev–Trinajstić information content (AvgIpc) is 2.79. The monoisotopic (exact) mass is 423 g/mol. The molecular weight excluding hydrogens is 401 g/mol. The highest BCUT2D eigenvalue weighted by molar-refractivity contribution is 7.99. The maximum atomic E-state index is 13.1. The Morgan fingerprint density at radius 1 is 0.967 bits per heavy atom. The van der Waals surface area contributed by atoms with Crippen molar-refractivity contribution in [2.75, 3.05) is 47.0 Å². The Hall–Kier alpha value is -3.13. The number of thioether (sulfide) groups is 1. The van der Waals surface area contributed by atoms with Gasteiger partial charge in [0.05, 0.1) is 5.75 Å². The van der Waals surface area contributed by atoms with Crippen LogP contribution in [0.3, 0.4) is 0 Å². The van der Waals surface area contributed by atoms with Gasteiger partial charge in [-0.25, -0.2) is 14.4 Å². The summed E-state index contributed by atoms with van der Waals surface area (Å²) in [7, 11) is 0. The molecule has 1 fully saturated rings. The van der Waals surface area contributed by atoms with Gasteiger partial charge in [0, 0.05) is 43.6 Å². The minimum Gasteiger partial charge on any atom is -0.368 e. The maximum absolute atomic E-state index is 13.1. The van der Waals surface area contributed by atoms with E-state index in [-0.39, 0.29) is 17.5 Å². The first-order valence-corrected chi connectivity index (χ1v) is 10.7. The van der Waals surface area contributed by atoms with Gasteiger partial charge in [0.1, 0.15) is 23.0 Å². The minimum atomic E-state index is -0.221. The number of piperazine rings is 1. The molecule has 0 aliphatic carbocycles. The molecule has 2 heterocycles. The van der Waals surface area contributed by atoms with E-state index in [0.717, 1.165) is 48.4 Å². The van der Waals surface area contributed by atoms with Crippen LogP contribution in [0.5, 0.6) is 0 Å². The molecule has 0 spiro atoms. The SMILES string of the molecule is O=C(CSc1cc(N2CCN(c3ccc(F)cc3)CC2)ncn1)Nc1ccccc1. The van der Waals surface area contributed by atoms with Crippen molar-refractivity contribution in [2.45, 2.75) is 5.03 Å². The fraction of sp³-hybridized carbons (Fsp3) is 0.227. The first-order chi connectivity index (χ1) is 14.7. The number of anilines is 3. The Morgan fingerprint density at radius 2 is 1.67 bits per heavy atom. The predicted octanol–water partition coefficient (Wildman–Crippen LogP) is 3.67. The van der Waals surface area contributed by atoms with Gasteiger partial charge in [-0.3, -0.25) is 4.79 Å². The van der Waals surface area contributed by atoms with Gasteiger partial charge in [-0.15, -0.1) is 0 Å². The summed E-state index contributed by atoms with van der Waals surface area (Å²) < 4.78 is 13.1. The van der Waals surface area contributed by atoms with E-state index in [1.54, 1.807) is 6.33 Å². The van der Waals surface area contributed by atoms with Crippen molar-refractivity contribution < 1.29 is 9.18 Å². The highest BCUT2D eigenvalue weighted by Gasteiger charge is 2.19. The molecule has 1 aliphatic rings. The molecule has 0 radical (unpaired) electrons. The van der Waals surface area contributed by atoms with E-state index in [0.29, 0.717) is 0 Å². The normalized spacial score (nSPS) is 13.9. The van der Waals surface area contributed by atoms with Crippen LogP contribution in [0, 0.1) is 5.82 Å². The quantitative estimate of drug-likeness (QED) is 0.482. The molecular formula is C22H22FN5OS. The van der Waals surface area contributed by atoms with Crippen molar-refractivity contribution in [3.05, 3.63) is 72.8 Å². The number of hydrogen-bond acceptors (Lipinski definition) is 6. The van der Waals surface area contributed by atoms with Crippen LogP contribution in [0.25, 0.3) is 0 Å². The van der Waals surface area contributed by atoms with Crippen molar-refractivity contribution in [1.82, 2.24) is 9.97 Å². The van der Waals surface area contributed by atoms with Gasteiger partial charge in [0.2, 0.25) is 5.91 Å². The van der Waals surface area contributed by atoms with E-state index in [4.69, 9.17) is 0 Å². The molecule has 8 heteroatoms. The number of benzene rings is 2. The lowest BCUT2D eigenvalue weighted by atomic mass is 10.2. The fourth-order valence-corrected chi connectivity index (χ4v) is 3.95. The summed E-state index contributed by atoms with van der Waals surface area (Å²) in [5.74, 6) is 0.846. The van der Waals surface area contributed by atoms with E-state index >= 15 is 0 Å². The third kappa shape index (κ3) is 5.27. The minimum absolute atomic E-state index is 0.0701. The van der Waals surface area contributed by atoms with E-state index in [2.05, 4.69) is 25.1 Å². The Morgan fingerprint density at radius 3 is 2.40 bits per heavy atom. The maximum Gasteiger partial charge on any atom is 0.234 e. The van der Waals surface area contributed by atoms with E-state index in [9.17, 15) is 9.18 Å². The number of aromatic nitrogens is 2. The molecule has 2 aromatic carbocycles. The topological polar surface area (TPSA) is 61.4 Å². The summed E-state index contributed by atoms with van der Waals surface area (Å²) in [6.45, 7) is 3.29. The van der Waals surface area contributed by atoms with Crippen molar-refractivity contribution in [3.63, 3.8) is 0 Å². The summed E-state index contributed by atoms with van der Waals surface area (Å²) in [6.07, 6.45) is 1.54. The lowest BCUT2D eigenvalue weighted by Crippen LogP contribution is -2.46. The smallest absolute Gasteiger partial charge is 0.234 e. The van der Waals surface area contributed by atoms with Gasteiger partial charge in [-0.1, -0.05) is 30.0 Å². The summed E-state index contributed by atoms with van der Waals surface area (Å²) >= 11 is 1.39. The van der Waals surface area contributed by atoms with Gasteiger partial charge in [0.25, 0.3) is 0 Å². The molecule has 1 aliphatic heterocycles. The number of amides is 1. The van der Waals surface area contributed by atoms with Crippen LogP contribution in [-0.2, 0) is 4.79 Å². The van der Waals surface area contributed by atoms with Gasteiger partial charge >= 0.3 is 0 Å². The number of hydrogen-bond donors (Lipinski definition) is 1. The van der Waals surface area contributed by atoms with Crippen LogP contribution >= 0.6 is 11.8 Å². The van der Waals surface area contributed by atoms with Gasteiger partial charge in [-0.05, 0) is 36.4 Å². The molecule has 6 nitrogen and oxygen atoms in total. The Balaban J connectivity index is 1.30. The highest BCUT2D eigenvalue weighted by Crippen LogP contribution is 2.23. The van der Waals surface area contributed by atoms with Crippen LogP contribution in [0.15, 0.2) is 72.0 Å². The number of nitrogens with zero attached hydrogens (tertiary/aromatic N) is 4. The molecule has 1 N–H and O–H groups in total. The number of para-hydroxylation sites is 1. The second-order valence-corrected chi connectivity index (χ2v) is 7.86. The fourth-order valence-electron chi connectivity index (χ4n) is 3.29. The predicted molar refractivity (Wildman–Crippen MR) is 119 cm³/mol. The van der Waals surface area contributed by atoms with Crippen LogP contribution in [-0.4, -0.2) is 47.8 Å². The molecule has 30 heavy (non-hydrogen) atoms. The van der Waals surface area contributed by atoms with Crippen molar-refractivity contribution in [2.24, 2.45) is 0 Å². The number of halogens is 1. The number of rotatable bonds is 6. The summed E-state index contributed by atoms with van der Waals surface area (Å²) in [5.41, 5.74) is 1.81. The van der Waals surface area contributed by atoms with Crippen molar-refractivity contribution in [3.8, 4) is 0 Å². The Bertz CT molecular complexity index is 978. The average molecular weight is 424 g/mol. The van der Waals surface area contributed by atoms with Gasteiger partial charge in [0.15, 0.2) is 0 Å². The standard InChI is InChI=1S/C22H22FN5OS/c23-17-6-8-19(9-7-17)27-10-12-28(13-11-27)20-14-22(25-16-24-20)30-15-21(29)26-18-4-2-1-3-5-18/h1-9,14,16H,10-13,15H2,(H,26,29). The van der Waals surface area contributed by atoms with Gasteiger partial charge < -0.3 is 15.1 Å². The van der Waals surface area contributed by atoms with Crippen LogP contribution in [0.2, 0.25) is 0 Å². The highest BCUT2D eigenvalue weighted by atomic mass is 32.2. The van der Waals surface area contributed by atoms with Crippen LogP contribution in [0.1, 0.15) is 0 Å². The van der Waals surface area contributed by atoms with Crippen molar-refractivity contribution in [1.29, 1.82) is 0 Å². The van der Waals surface area contributed by atoms with Gasteiger partial charge in [-0.2, -0.15) is 0 Å². The second kappa shape index (κ2) is 9.58. The van der Waals surface area contributed by atoms with Crippen LogP contribution in [0.4, 0.5) is 21.6 Å². The molecule has 3 aromatic rings. The molecule has 1 amide bonds. The van der Waals surface area contributed by atoms with E-state index < -0.39 is 0 Å². The molecule has 0 bridgehead atoms. The number of carbonyl (C=O) groups is 1. The summed E-state index contributed by atoms with van der Waals surface area (Å²) in [6, 6.07) is 17.9. The molecule has 0 unspecified atom stereocenters. The van der Waals surface area contributed by atoms with E-state index in [1.165, 1.54) is 23.9 Å². The molecule has 1 aromatic heterocycles. The molecule has 0 saturated carbocycles. The molecule has 4 rings (SSSR count). The molecule has 0 atom stereocenters. The lowest BCUT2D eigenvalue weighted by Gasteiger charge is -2.36. The number of carbonyl (C=O) groups excluding carboxylic acids is 1. The van der Waals surface area contributed by atoms with Crippen LogP contribution < -0.4 is 15.1 Å². The summed E-state index contributed by atoms with van der Waals surface area (Å²) in [4.78, 5) is 25.3. The summed E-state index contributed by atoms with van der Waals surface area (Å²) in [5, 5.41) is 3.64. The zero-order valence-corrected chi connectivity index (χ0v) is 17.2. The third-order valence-corrected chi connectivity index (χ3v) is 5.76. The first kappa shape index (κ1) is 20.2. The first-order valence-electron chi connectivity index (χ1n) is 9.72. The van der Waals surface area contributed by atoms with Crippen molar-refractivity contribution >= 4 is 34.9 Å². The molecule has 154 valence electrons. The lowest BCUT2D eigenvalue weighted by molar-refractivity contribution is -0.113.